The lowest BCUT2D eigenvalue weighted by Gasteiger charge is -2.07. The van der Waals surface area contributed by atoms with Crippen LogP contribution in [0.2, 0.25) is 0 Å². The Morgan fingerprint density at radius 3 is 2.50 bits per heavy atom. The third-order valence-electron chi connectivity index (χ3n) is 3.11. The fraction of sp³-hybridized carbons (Fsp3) is 0.235. The first-order chi connectivity index (χ1) is 11.5. The number of hydrogen-bond acceptors (Lipinski definition) is 5. The van der Waals surface area contributed by atoms with Gasteiger partial charge in [0.15, 0.2) is 6.61 Å². The minimum atomic E-state index is -0.662. The molecule has 0 aliphatic heterocycles. The van der Waals surface area contributed by atoms with E-state index >= 15 is 0 Å². The Kier molecular flexibility index (Phi) is 6.51. The van der Waals surface area contributed by atoms with Crippen molar-refractivity contribution in [2.75, 3.05) is 13.2 Å². The van der Waals surface area contributed by atoms with Gasteiger partial charge in [0.05, 0.1) is 4.88 Å². The van der Waals surface area contributed by atoms with Crippen molar-refractivity contribution in [2.24, 2.45) is 0 Å². The molecular weight excluding hydrogens is 328 g/mol. The summed E-state index contributed by atoms with van der Waals surface area (Å²) in [6, 6.07) is 11.2. The second-order valence-electron chi connectivity index (χ2n) is 5.08. The molecule has 0 saturated carbocycles. The summed E-state index contributed by atoms with van der Waals surface area (Å²) in [5.74, 6) is -1.40. The summed E-state index contributed by atoms with van der Waals surface area (Å²) >= 11 is 1.28. The van der Waals surface area contributed by atoms with Gasteiger partial charge in [-0.3, -0.25) is 14.4 Å². The van der Waals surface area contributed by atoms with Crippen LogP contribution in [0.15, 0.2) is 41.8 Å². The van der Waals surface area contributed by atoms with Crippen molar-refractivity contribution in [1.82, 2.24) is 10.6 Å². The van der Waals surface area contributed by atoms with Crippen LogP contribution in [0.25, 0.3) is 0 Å². The van der Waals surface area contributed by atoms with Crippen LogP contribution in [0.5, 0.6) is 0 Å². The largest absolute Gasteiger partial charge is 0.454 e. The van der Waals surface area contributed by atoms with Crippen LogP contribution in [0.4, 0.5) is 0 Å². The summed E-state index contributed by atoms with van der Waals surface area (Å²) in [6.45, 7) is 1.70. The van der Waals surface area contributed by atoms with Gasteiger partial charge in [-0.25, -0.2) is 0 Å². The number of aryl methyl sites for hydroxylation is 1. The molecule has 2 aromatic rings. The average Bonchev–Trinajstić information content (AvgIpc) is 3.12. The number of thiophene rings is 1. The molecule has 6 nitrogen and oxygen atoms in total. The maximum atomic E-state index is 11.6. The number of nitrogens with one attached hydrogen (secondary N) is 2. The van der Waals surface area contributed by atoms with Gasteiger partial charge in [-0.15, -0.1) is 11.3 Å². The van der Waals surface area contributed by atoms with E-state index in [1.54, 1.807) is 17.5 Å². The van der Waals surface area contributed by atoms with Gasteiger partial charge in [0, 0.05) is 6.54 Å². The Balaban J connectivity index is 1.63. The van der Waals surface area contributed by atoms with E-state index in [0.29, 0.717) is 11.4 Å². The van der Waals surface area contributed by atoms with Gasteiger partial charge in [-0.2, -0.15) is 0 Å². The van der Waals surface area contributed by atoms with Crippen LogP contribution in [0.3, 0.4) is 0 Å². The number of ether oxygens (including phenoxy) is 1. The Bertz CT molecular complexity index is 696. The Morgan fingerprint density at radius 1 is 1.08 bits per heavy atom. The third kappa shape index (κ3) is 5.85. The monoisotopic (exact) mass is 346 g/mol. The summed E-state index contributed by atoms with van der Waals surface area (Å²) in [4.78, 5) is 35.3. The molecule has 0 atom stereocenters. The van der Waals surface area contributed by atoms with Crippen molar-refractivity contribution in [1.29, 1.82) is 0 Å². The van der Waals surface area contributed by atoms with Gasteiger partial charge in [-0.05, 0) is 23.9 Å². The fourth-order valence-corrected chi connectivity index (χ4v) is 2.44. The number of carbonyl (C=O) groups excluding carboxylic acids is 3. The highest BCUT2D eigenvalue weighted by atomic mass is 32.1. The molecule has 7 heteroatoms. The lowest BCUT2D eigenvalue weighted by atomic mass is 10.1. The van der Waals surface area contributed by atoms with Gasteiger partial charge in [0.25, 0.3) is 11.8 Å². The maximum absolute atomic E-state index is 11.6. The average molecular weight is 346 g/mol. The Labute approximate surface area is 143 Å². The van der Waals surface area contributed by atoms with E-state index in [1.165, 1.54) is 11.3 Å². The first kappa shape index (κ1) is 17.7. The molecule has 2 rings (SSSR count). The van der Waals surface area contributed by atoms with E-state index in [9.17, 15) is 14.4 Å². The highest BCUT2D eigenvalue weighted by molar-refractivity contribution is 7.12. The molecule has 2 amide bonds. The lowest BCUT2D eigenvalue weighted by Crippen LogP contribution is -2.33. The second kappa shape index (κ2) is 8.83. The normalized spacial score (nSPS) is 10.0. The summed E-state index contributed by atoms with van der Waals surface area (Å²) in [6.07, 6.45) is 0. The Hall–Kier alpha value is -2.67. The number of carbonyl (C=O) groups is 3. The minimum Gasteiger partial charge on any atom is -0.454 e. The molecular formula is C17H18N2O4S. The summed E-state index contributed by atoms with van der Waals surface area (Å²) in [5.41, 5.74) is 2.10. The predicted octanol–water partition coefficient (Wildman–Crippen LogP) is 1.65. The zero-order valence-electron chi connectivity index (χ0n) is 13.2. The standard InChI is InChI=1S/C17H18N2O4S/c1-12-4-6-13(7-5-12)9-18-15(20)11-23-16(21)10-19-17(22)14-3-2-8-24-14/h2-8H,9-11H2,1H3,(H,18,20)(H,19,22). The highest BCUT2D eigenvalue weighted by Crippen LogP contribution is 2.07. The molecule has 0 fully saturated rings. The maximum Gasteiger partial charge on any atom is 0.325 e. The number of amides is 2. The van der Waals surface area contributed by atoms with Crippen molar-refractivity contribution in [3.63, 3.8) is 0 Å². The zero-order chi connectivity index (χ0) is 17.4. The van der Waals surface area contributed by atoms with E-state index in [2.05, 4.69) is 10.6 Å². The number of esters is 1. The van der Waals surface area contributed by atoms with Crippen molar-refractivity contribution in [3.05, 3.63) is 57.8 Å². The van der Waals surface area contributed by atoms with Crippen LogP contribution in [0.1, 0.15) is 20.8 Å². The molecule has 0 bridgehead atoms. The van der Waals surface area contributed by atoms with Gasteiger partial charge >= 0.3 is 5.97 Å². The number of rotatable bonds is 7. The molecule has 0 saturated heterocycles. The molecule has 0 aliphatic rings. The summed E-state index contributed by atoms with van der Waals surface area (Å²) in [5, 5.41) is 6.87. The van der Waals surface area contributed by atoms with Crippen LogP contribution >= 0.6 is 11.3 Å². The van der Waals surface area contributed by atoms with Crippen molar-refractivity contribution in [3.8, 4) is 0 Å². The first-order valence-electron chi connectivity index (χ1n) is 7.34. The van der Waals surface area contributed by atoms with Gasteiger partial charge in [0.2, 0.25) is 0 Å². The fourth-order valence-electron chi connectivity index (χ4n) is 1.80. The molecule has 0 unspecified atom stereocenters. The first-order valence-corrected chi connectivity index (χ1v) is 8.22. The quantitative estimate of drug-likeness (QED) is 0.747. The molecule has 0 spiro atoms. The lowest BCUT2D eigenvalue weighted by molar-refractivity contribution is -0.147. The zero-order valence-corrected chi connectivity index (χ0v) is 14.0. The molecule has 24 heavy (non-hydrogen) atoms. The predicted molar refractivity (Wildman–Crippen MR) is 90.6 cm³/mol. The van der Waals surface area contributed by atoms with Crippen LogP contribution in [0, 0.1) is 6.92 Å². The van der Waals surface area contributed by atoms with E-state index in [-0.39, 0.29) is 19.1 Å². The van der Waals surface area contributed by atoms with E-state index in [1.807, 2.05) is 31.2 Å². The number of hydrogen-bond donors (Lipinski definition) is 2. The molecule has 1 heterocycles. The molecule has 1 aromatic carbocycles. The molecule has 0 aliphatic carbocycles. The van der Waals surface area contributed by atoms with Gasteiger partial charge < -0.3 is 15.4 Å². The van der Waals surface area contributed by atoms with Crippen molar-refractivity contribution in [2.45, 2.75) is 13.5 Å². The van der Waals surface area contributed by atoms with E-state index in [4.69, 9.17) is 4.74 Å². The van der Waals surface area contributed by atoms with Gasteiger partial charge in [-0.1, -0.05) is 35.9 Å². The minimum absolute atomic E-state index is 0.276. The van der Waals surface area contributed by atoms with E-state index in [0.717, 1.165) is 11.1 Å². The van der Waals surface area contributed by atoms with Crippen LogP contribution in [-0.4, -0.2) is 30.9 Å². The molecule has 2 N–H and O–H groups in total. The second-order valence-corrected chi connectivity index (χ2v) is 6.03. The highest BCUT2D eigenvalue weighted by Gasteiger charge is 2.11. The molecule has 1 aromatic heterocycles. The third-order valence-corrected chi connectivity index (χ3v) is 3.98. The number of benzene rings is 1. The van der Waals surface area contributed by atoms with Crippen LogP contribution in [-0.2, 0) is 20.9 Å². The van der Waals surface area contributed by atoms with Crippen molar-refractivity contribution < 1.29 is 19.1 Å². The smallest absolute Gasteiger partial charge is 0.325 e. The van der Waals surface area contributed by atoms with E-state index < -0.39 is 11.9 Å². The Morgan fingerprint density at radius 2 is 1.83 bits per heavy atom. The van der Waals surface area contributed by atoms with Gasteiger partial charge in [0.1, 0.15) is 6.54 Å². The van der Waals surface area contributed by atoms with Crippen LogP contribution < -0.4 is 10.6 Å². The summed E-state index contributed by atoms with van der Waals surface area (Å²) < 4.78 is 4.82. The molecule has 126 valence electrons. The topological polar surface area (TPSA) is 84.5 Å². The van der Waals surface area contributed by atoms with Crippen molar-refractivity contribution >= 4 is 29.1 Å². The summed E-state index contributed by atoms with van der Waals surface area (Å²) in [7, 11) is 0. The SMILES string of the molecule is Cc1ccc(CNC(=O)COC(=O)CNC(=O)c2cccs2)cc1. The molecule has 0 radical (unpaired) electrons.